The predicted molar refractivity (Wildman–Crippen MR) is 103 cm³/mol. The van der Waals surface area contributed by atoms with Crippen molar-refractivity contribution < 1.29 is 19.3 Å². The second-order valence-electron chi connectivity index (χ2n) is 7.30. The number of rotatable bonds is 6. The zero-order valence-electron chi connectivity index (χ0n) is 15.7. The third kappa shape index (κ3) is 4.29. The average Bonchev–Trinajstić information content (AvgIpc) is 2.82. The van der Waals surface area contributed by atoms with Gasteiger partial charge in [0.05, 0.1) is 19.4 Å². The number of ether oxygens (including phenoxy) is 3. The molecule has 3 N–H and O–H groups in total. The topological polar surface area (TPSA) is 89.5 Å². The maximum Gasteiger partial charge on any atom is 0.177 e. The molecule has 1 saturated heterocycles. The van der Waals surface area contributed by atoms with Gasteiger partial charge in [-0.2, -0.15) is 0 Å². The molecule has 0 bridgehead atoms. The van der Waals surface area contributed by atoms with Crippen LogP contribution in [-0.4, -0.2) is 80.4 Å². The molecule has 2 rings (SSSR count). The Balaban J connectivity index is 2.25. The second kappa shape index (κ2) is 7.54. The van der Waals surface area contributed by atoms with Gasteiger partial charge in [0.1, 0.15) is 18.0 Å². The van der Waals surface area contributed by atoms with Gasteiger partial charge < -0.3 is 30.0 Å². The summed E-state index contributed by atoms with van der Waals surface area (Å²) in [5.74, 6) is 1.23. The van der Waals surface area contributed by atoms with E-state index in [9.17, 15) is 5.11 Å². The van der Waals surface area contributed by atoms with E-state index >= 15 is 0 Å². The number of aliphatic imine (C=N–C) groups is 1. The second-order valence-corrected chi connectivity index (χ2v) is 11.5. The highest BCUT2D eigenvalue weighted by Gasteiger charge is 2.49. The Morgan fingerprint density at radius 2 is 2.12 bits per heavy atom. The minimum absolute atomic E-state index is 0.149. The van der Waals surface area contributed by atoms with Crippen LogP contribution < -0.4 is 5.73 Å². The van der Waals surface area contributed by atoms with Crippen molar-refractivity contribution in [1.29, 1.82) is 0 Å². The highest BCUT2D eigenvalue weighted by Crippen LogP contribution is 2.42. The summed E-state index contributed by atoms with van der Waals surface area (Å²) in [4.78, 5) is 5.89. The standard InChI is InChI=1S/C17H30N3O4P/c1-10(9-25(5,6)7)14-13(21)15(23-4)17(24-14)20-8-12(22-3)16(18)19-11(20)2/h8,10,13-15,17,21H,2,5,9H2,1,3-4,6-7H3,(H2,18,19)/t10?,13-,14-,15-,17-/m1/s1. The Kier molecular flexibility index (Phi) is 6.05. The van der Waals surface area contributed by atoms with Crippen molar-refractivity contribution in [1.82, 2.24) is 4.90 Å². The third-order valence-electron chi connectivity index (χ3n) is 4.42. The number of nitrogens with two attached hydrogens (primary N) is 1. The lowest BCUT2D eigenvalue weighted by Gasteiger charge is -2.33. The molecule has 0 saturated carbocycles. The van der Waals surface area contributed by atoms with Gasteiger partial charge in [0.2, 0.25) is 0 Å². The van der Waals surface area contributed by atoms with Crippen molar-refractivity contribution >= 4 is 19.0 Å². The lowest BCUT2D eigenvalue weighted by molar-refractivity contribution is -0.0773. The first kappa shape index (κ1) is 20.0. The van der Waals surface area contributed by atoms with E-state index < -0.39 is 25.3 Å². The fourth-order valence-corrected chi connectivity index (χ4v) is 5.17. The largest absolute Gasteiger partial charge is 0.491 e. The summed E-state index contributed by atoms with van der Waals surface area (Å²) in [5, 5.41) is 10.8. The number of hydrogen-bond donors (Lipinski definition) is 2. The van der Waals surface area contributed by atoms with Crippen LogP contribution in [0.15, 0.2) is 29.4 Å². The number of nitrogens with zero attached hydrogens (tertiary/aromatic N) is 2. The van der Waals surface area contributed by atoms with Gasteiger partial charge in [-0.3, -0.25) is 0 Å². The maximum atomic E-state index is 10.8. The third-order valence-corrected chi connectivity index (χ3v) is 5.98. The summed E-state index contributed by atoms with van der Waals surface area (Å²) < 4.78 is 17.0. The summed E-state index contributed by atoms with van der Waals surface area (Å²) in [7, 11) is 3.07. The van der Waals surface area contributed by atoms with E-state index in [1.807, 2.05) is 0 Å². The number of methoxy groups -OCH3 is 2. The number of aliphatic hydroxyl groups is 1. The van der Waals surface area contributed by atoms with Crippen molar-refractivity contribution in [2.24, 2.45) is 16.6 Å². The molecule has 8 heteroatoms. The molecule has 0 spiro atoms. The Morgan fingerprint density at radius 1 is 1.48 bits per heavy atom. The molecule has 2 aliphatic rings. The maximum absolute atomic E-state index is 10.8. The van der Waals surface area contributed by atoms with E-state index in [0.29, 0.717) is 11.6 Å². The minimum Gasteiger partial charge on any atom is -0.491 e. The molecular formula is C17H30N3O4P. The lowest BCUT2D eigenvalue weighted by Crippen LogP contribution is -2.44. The molecule has 25 heavy (non-hydrogen) atoms. The first-order chi connectivity index (χ1) is 11.6. The molecule has 7 nitrogen and oxygen atoms in total. The van der Waals surface area contributed by atoms with Crippen LogP contribution in [0.4, 0.5) is 0 Å². The molecule has 0 radical (unpaired) electrons. The summed E-state index contributed by atoms with van der Waals surface area (Å²) in [5.41, 5.74) is 5.82. The van der Waals surface area contributed by atoms with Crippen LogP contribution >= 0.6 is 6.89 Å². The van der Waals surface area contributed by atoms with E-state index in [4.69, 9.17) is 19.9 Å². The van der Waals surface area contributed by atoms with Gasteiger partial charge in [0.15, 0.2) is 17.8 Å². The van der Waals surface area contributed by atoms with Crippen molar-refractivity contribution in [3.63, 3.8) is 0 Å². The Hall–Kier alpha value is -1.27. The van der Waals surface area contributed by atoms with Gasteiger partial charge in [-0.1, -0.05) is 13.5 Å². The van der Waals surface area contributed by atoms with Crippen LogP contribution in [0, 0.1) is 5.92 Å². The van der Waals surface area contributed by atoms with Crippen LogP contribution in [0.2, 0.25) is 0 Å². The molecule has 0 aromatic carbocycles. The summed E-state index contributed by atoms with van der Waals surface area (Å²) in [6, 6.07) is 0. The predicted octanol–water partition coefficient (Wildman–Crippen LogP) is 1.06. The van der Waals surface area contributed by atoms with Crippen molar-refractivity contribution in [3.8, 4) is 0 Å². The zero-order chi connectivity index (χ0) is 18.9. The Morgan fingerprint density at radius 3 is 2.64 bits per heavy atom. The molecule has 142 valence electrons. The van der Waals surface area contributed by atoms with Gasteiger partial charge in [-0.15, -0.1) is 13.2 Å². The number of amidine groups is 1. The highest BCUT2D eigenvalue weighted by molar-refractivity contribution is 7.72. The fraction of sp³-hybridized carbons (Fsp3) is 0.647. The molecule has 1 unspecified atom stereocenters. The fourth-order valence-electron chi connectivity index (χ4n) is 3.40. The molecule has 0 aliphatic carbocycles. The van der Waals surface area contributed by atoms with Crippen LogP contribution in [0.1, 0.15) is 6.92 Å². The lowest BCUT2D eigenvalue weighted by atomic mass is 10.00. The first-order valence-corrected chi connectivity index (χ1v) is 11.3. The summed E-state index contributed by atoms with van der Waals surface area (Å²) in [6.07, 6.45) is 4.64. The highest BCUT2D eigenvalue weighted by atomic mass is 31.2. The van der Waals surface area contributed by atoms with Gasteiger partial charge in [0, 0.05) is 7.11 Å². The molecule has 5 atom stereocenters. The molecule has 0 amide bonds. The smallest absolute Gasteiger partial charge is 0.177 e. The van der Waals surface area contributed by atoms with E-state index in [1.54, 1.807) is 18.2 Å². The van der Waals surface area contributed by atoms with E-state index in [2.05, 4.69) is 38.1 Å². The first-order valence-electron chi connectivity index (χ1n) is 8.20. The summed E-state index contributed by atoms with van der Waals surface area (Å²) >= 11 is 0. The van der Waals surface area contributed by atoms with Gasteiger partial charge in [-0.05, 0) is 25.4 Å². The zero-order valence-corrected chi connectivity index (χ0v) is 16.6. The number of hydrogen-bond acceptors (Lipinski definition) is 7. The molecule has 2 aliphatic heterocycles. The van der Waals surface area contributed by atoms with Gasteiger partial charge in [-0.25, -0.2) is 4.99 Å². The molecule has 2 heterocycles. The van der Waals surface area contributed by atoms with E-state index in [0.717, 1.165) is 6.16 Å². The average molecular weight is 371 g/mol. The minimum atomic E-state index is -1.25. The van der Waals surface area contributed by atoms with Gasteiger partial charge in [0.25, 0.3) is 0 Å². The molecular weight excluding hydrogens is 341 g/mol. The SMILES string of the molecule is C=C1N=C(N)C(OC)=CN1[C@@H]1O[C@H](C(C)CP(=C)(C)C)[C@@H](O)[C@H]1OC. The van der Waals surface area contributed by atoms with E-state index in [1.165, 1.54) is 7.11 Å². The molecule has 1 fully saturated rings. The van der Waals surface area contributed by atoms with Crippen molar-refractivity contribution in [2.75, 3.05) is 33.7 Å². The van der Waals surface area contributed by atoms with Crippen molar-refractivity contribution in [2.45, 2.75) is 31.5 Å². The Labute approximate surface area is 150 Å². The van der Waals surface area contributed by atoms with Crippen LogP contribution in [0.3, 0.4) is 0 Å². The van der Waals surface area contributed by atoms with Crippen LogP contribution in [-0.2, 0) is 14.2 Å². The van der Waals surface area contributed by atoms with Gasteiger partial charge >= 0.3 is 0 Å². The summed E-state index contributed by atoms with van der Waals surface area (Å²) in [6.45, 7) is 9.10. The quantitative estimate of drug-likeness (QED) is 0.679. The van der Waals surface area contributed by atoms with Crippen LogP contribution in [0.25, 0.3) is 0 Å². The molecule has 0 aromatic heterocycles. The van der Waals surface area contributed by atoms with Crippen molar-refractivity contribution in [3.05, 3.63) is 24.4 Å². The molecule has 0 aromatic rings. The van der Waals surface area contributed by atoms with E-state index in [-0.39, 0.29) is 17.9 Å². The number of aliphatic hydroxyl groups excluding tert-OH is 1. The van der Waals surface area contributed by atoms with Crippen LogP contribution in [0.5, 0.6) is 0 Å². The monoisotopic (exact) mass is 371 g/mol. The normalized spacial score (nSPS) is 31.6. The Bertz CT molecular complexity index is 627.